The molecule has 0 saturated heterocycles. The minimum Gasteiger partial charge on any atom is -0.395 e. The summed E-state index contributed by atoms with van der Waals surface area (Å²) >= 11 is 0. The number of nitrogens with zero attached hydrogens (tertiary/aromatic N) is 2. The lowest BCUT2D eigenvalue weighted by Gasteiger charge is -2.23. The van der Waals surface area contributed by atoms with Crippen molar-refractivity contribution in [3.05, 3.63) is 23.4 Å². The Morgan fingerprint density at radius 1 is 1.35 bits per heavy atom. The Kier molecular flexibility index (Phi) is 3.97. The van der Waals surface area contributed by atoms with Gasteiger partial charge in [-0.05, 0) is 37.0 Å². The maximum atomic E-state index is 9.25. The van der Waals surface area contributed by atoms with E-state index >= 15 is 0 Å². The number of aliphatic hydroxyl groups is 2. The lowest BCUT2D eigenvalue weighted by molar-refractivity contribution is 0.281. The van der Waals surface area contributed by atoms with Crippen molar-refractivity contribution in [1.82, 2.24) is 4.98 Å². The van der Waals surface area contributed by atoms with Crippen LogP contribution in [0.3, 0.4) is 0 Å². The van der Waals surface area contributed by atoms with Crippen molar-refractivity contribution in [1.29, 1.82) is 0 Å². The normalized spacial score (nSPS) is 15.0. The zero-order chi connectivity index (χ0) is 12.3. The Balaban J connectivity index is 2.27. The first-order chi connectivity index (χ1) is 8.28. The summed E-state index contributed by atoms with van der Waals surface area (Å²) in [6.07, 6.45) is 3.21. The van der Waals surface area contributed by atoms with E-state index in [9.17, 15) is 5.11 Å². The fourth-order valence-electron chi connectivity index (χ4n) is 2.03. The molecule has 0 aliphatic heterocycles. The largest absolute Gasteiger partial charge is 0.395 e. The van der Waals surface area contributed by atoms with Crippen LogP contribution in [0.4, 0.5) is 5.82 Å². The van der Waals surface area contributed by atoms with Gasteiger partial charge in [-0.25, -0.2) is 4.98 Å². The molecule has 1 fully saturated rings. The van der Waals surface area contributed by atoms with Crippen molar-refractivity contribution in [3.63, 3.8) is 0 Å². The Morgan fingerprint density at radius 3 is 2.65 bits per heavy atom. The van der Waals surface area contributed by atoms with Gasteiger partial charge in [0.15, 0.2) is 0 Å². The van der Waals surface area contributed by atoms with Crippen LogP contribution in [0.5, 0.6) is 0 Å². The first-order valence-electron chi connectivity index (χ1n) is 6.26. The molecule has 1 aliphatic carbocycles. The molecule has 0 spiro atoms. The summed E-state index contributed by atoms with van der Waals surface area (Å²) in [5, 5.41) is 18.4. The number of hydrogen-bond acceptors (Lipinski definition) is 4. The third-order valence-corrected chi connectivity index (χ3v) is 3.09. The summed E-state index contributed by atoms with van der Waals surface area (Å²) in [6, 6.07) is 4.38. The monoisotopic (exact) mass is 236 g/mol. The van der Waals surface area contributed by atoms with Gasteiger partial charge >= 0.3 is 0 Å². The van der Waals surface area contributed by atoms with Gasteiger partial charge in [0.25, 0.3) is 0 Å². The number of aromatic nitrogens is 1. The van der Waals surface area contributed by atoms with Crippen LogP contribution in [-0.2, 0) is 13.0 Å². The molecule has 1 aliphatic rings. The third kappa shape index (κ3) is 2.96. The van der Waals surface area contributed by atoms with E-state index in [1.54, 1.807) is 0 Å². The molecule has 1 saturated carbocycles. The number of aliphatic hydroxyl groups excluding tert-OH is 2. The fraction of sp³-hybridized carbons (Fsp3) is 0.615. The van der Waals surface area contributed by atoms with Gasteiger partial charge < -0.3 is 15.1 Å². The fourth-order valence-corrected chi connectivity index (χ4v) is 2.03. The summed E-state index contributed by atoms with van der Waals surface area (Å²) in [7, 11) is 0. The van der Waals surface area contributed by atoms with E-state index in [1.165, 1.54) is 12.8 Å². The minimum absolute atomic E-state index is 0.0418. The van der Waals surface area contributed by atoms with E-state index in [0.717, 1.165) is 23.5 Å². The molecule has 17 heavy (non-hydrogen) atoms. The van der Waals surface area contributed by atoms with Crippen LogP contribution in [0.25, 0.3) is 0 Å². The summed E-state index contributed by atoms with van der Waals surface area (Å²) in [4.78, 5) is 6.73. The zero-order valence-electron chi connectivity index (χ0n) is 10.3. The van der Waals surface area contributed by atoms with Gasteiger partial charge in [-0.1, -0.05) is 6.92 Å². The molecule has 1 heterocycles. The van der Waals surface area contributed by atoms with Crippen LogP contribution >= 0.6 is 0 Å². The predicted octanol–water partition coefficient (Wildman–Crippen LogP) is 1.10. The number of aryl methyl sites for hydroxylation is 1. The van der Waals surface area contributed by atoms with E-state index in [1.807, 2.05) is 12.1 Å². The second kappa shape index (κ2) is 5.47. The third-order valence-electron chi connectivity index (χ3n) is 3.09. The zero-order valence-corrected chi connectivity index (χ0v) is 10.3. The molecule has 2 N–H and O–H groups in total. The highest BCUT2D eigenvalue weighted by molar-refractivity contribution is 5.45. The molecule has 1 aromatic heterocycles. The number of rotatable bonds is 6. The van der Waals surface area contributed by atoms with Crippen LogP contribution in [0, 0.1) is 0 Å². The predicted molar refractivity (Wildman–Crippen MR) is 67.0 cm³/mol. The van der Waals surface area contributed by atoms with Gasteiger partial charge in [0, 0.05) is 18.3 Å². The molecule has 0 amide bonds. The summed E-state index contributed by atoms with van der Waals surface area (Å²) in [5.41, 5.74) is 1.89. The standard InChI is InChI=1S/C13H20N2O2/c1-2-11-7-10(9-17)8-13(14-11)15(5-6-16)12-3-4-12/h7-8,12,16-17H,2-6,9H2,1H3. The number of pyridine rings is 1. The summed E-state index contributed by atoms with van der Waals surface area (Å²) < 4.78 is 0. The Hall–Kier alpha value is -1.13. The molecule has 0 aromatic carbocycles. The molecule has 1 aromatic rings. The molecule has 4 heteroatoms. The average molecular weight is 236 g/mol. The highest BCUT2D eigenvalue weighted by atomic mass is 16.3. The molecular formula is C13H20N2O2. The Labute approximate surface area is 102 Å². The Bertz CT molecular complexity index is 355. The molecule has 0 atom stereocenters. The van der Waals surface area contributed by atoms with Gasteiger partial charge in [0.05, 0.1) is 13.2 Å². The van der Waals surface area contributed by atoms with Crippen LogP contribution in [-0.4, -0.2) is 34.4 Å². The minimum atomic E-state index is 0.0418. The van der Waals surface area contributed by atoms with Gasteiger partial charge in [-0.2, -0.15) is 0 Å². The lowest BCUT2D eigenvalue weighted by atomic mass is 10.2. The van der Waals surface area contributed by atoms with Crippen molar-refractivity contribution in [2.45, 2.75) is 38.8 Å². The van der Waals surface area contributed by atoms with Crippen LogP contribution < -0.4 is 4.90 Å². The molecule has 0 radical (unpaired) electrons. The number of hydrogen-bond donors (Lipinski definition) is 2. The van der Waals surface area contributed by atoms with E-state index < -0.39 is 0 Å². The van der Waals surface area contributed by atoms with Crippen molar-refractivity contribution in [3.8, 4) is 0 Å². The smallest absolute Gasteiger partial charge is 0.129 e. The van der Waals surface area contributed by atoms with Crippen LogP contribution in [0.15, 0.2) is 12.1 Å². The SMILES string of the molecule is CCc1cc(CO)cc(N(CCO)C2CC2)n1. The first-order valence-corrected chi connectivity index (χ1v) is 6.26. The number of anilines is 1. The lowest BCUT2D eigenvalue weighted by Crippen LogP contribution is -2.30. The maximum absolute atomic E-state index is 9.25. The van der Waals surface area contributed by atoms with Gasteiger partial charge in [0.1, 0.15) is 5.82 Å². The van der Waals surface area contributed by atoms with Crippen LogP contribution in [0.2, 0.25) is 0 Å². The summed E-state index contributed by atoms with van der Waals surface area (Å²) in [5.74, 6) is 0.893. The molecule has 94 valence electrons. The summed E-state index contributed by atoms with van der Waals surface area (Å²) in [6.45, 7) is 2.86. The van der Waals surface area contributed by atoms with E-state index in [-0.39, 0.29) is 13.2 Å². The molecular weight excluding hydrogens is 216 g/mol. The van der Waals surface area contributed by atoms with Crippen molar-refractivity contribution in [2.24, 2.45) is 0 Å². The maximum Gasteiger partial charge on any atom is 0.129 e. The van der Waals surface area contributed by atoms with Crippen molar-refractivity contribution < 1.29 is 10.2 Å². The first kappa shape index (κ1) is 12.3. The molecule has 2 rings (SSSR count). The Morgan fingerprint density at radius 2 is 2.12 bits per heavy atom. The molecule has 4 nitrogen and oxygen atoms in total. The second-order valence-corrected chi connectivity index (χ2v) is 4.48. The van der Waals surface area contributed by atoms with E-state index in [0.29, 0.717) is 12.6 Å². The van der Waals surface area contributed by atoms with Crippen LogP contribution in [0.1, 0.15) is 31.0 Å². The highest BCUT2D eigenvalue weighted by Gasteiger charge is 2.29. The van der Waals surface area contributed by atoms with Crippen molar-refractivity contribution in [2.75, 3.05) is 18.1 Å². The van der Waals surface area contributed by atoms with Gasteiger partial charge in [-0.15, -0.1) is 0 Å². The molecule has 0 unspecified atom stereocenters. The van der Waals surface area contributed by atoms with Crippen molar-refractivity contribution >= 4 is 5.82 Å². The van der Waals surface area contributed by atoms with E-state index in [4.69, 9.17) is 5.11 Å². The highest BCUT2D eigenvalue weighted by Crippen LogP contribution is 2.31. The van der Waals surface area contributed by atoms with Gasteiger partial charge in [0.2, 0.25) is 0 Å². The quantitative estimate of drug-likeness (QED) is 0.776. The second-order valence-electron chi connectivity index (χ2n) is 4.48. The average Bonchev–Trinajstić information content (AvgIpc) is 3.19. The van der Waals surface area contributed by atoms with E-state index in [2.05, 4.69) is 16.8 Å². The molecule has 0 bridgehead atoms. The van der Waals surface area contributed by atoms with Gasteiger partial charge in [-0.3, -0.25) is 0 Å². The topological polar surface area (TPSA) is 56.6 Å².